The number of hydrogen-bond donors (Lipinski definition) is 0. The molecule has 0 aliphatic carbocycles. The van der Waals surface area contributed by atoms with E-state index in [9.17, 15) is 0 Å². The van der Waals surface area contributed by atoms with Crippen LogP contribution in [0.25, 0.3) is 60.2 Å². The van der Waals surface area contributed by atoms with Gasteiger partial charge in [-0.05, 0) is 101 Å². The van der Waals surface area contributed by atoms with Crippen molar-refractivity contribution in [3.8, 4) is 0 Å². The van der Waals surface area contributed by atoms with E-state index in [2.05, 4.69) is 187 Å². The number of nitrogens with zero attached hydrogens (tertiary/aromatic N) is 2. The summed E-state index contributed by atoms with van der Waals surface area (Å²) in [5, 5.41) is 6.41. The second-order valence-corrected chi connectivity index (χ2v) is 14.8. The largest absolute Gasteiger partial charge is 0.456 e. The van der Waals surface area contributed by atoms with Gasteiger partial charge in [0.1, 0.15) is 22.3 Å². The number of aliphatic imine (C=N–C) groups is 1. The molecule has 3 heterocycles. The fourth-order valence-corrected chi connectivity index (χ4v) is 8.57. The van der Waals surface area contributed by atoms with Crippen molar-refractivity contribution < 1.29 is 8.83 Å². The van der Waals surface area contributed by atoms with Crippen molar-refractivity contribution >= 4 is 83.0 Å². The van der Waals surface area contributed by atoms with Gasteiger partial charge in [-0.3, -0.25) is 4.99 Å². The van der Waals surface area contributed by atoms with Crippen LogP contribution < -0.4 is 4.90 Å². The Kier molecular flexibility index (Phi) is 7.75. The molecular weight excluding hydrogens is 697 g/mol. The Balaban J connectivity index is 1.14. The van der Waals surface area contributed by atoms with Gasteiger partial charge in [0.2, 0.25) is 0 Å². The highest BCUT2D eigenvalue weighted by Gasteiger charge is 2.24. The van der Waals surface area contributed by atoms with Gasteiger partial charge in [-0.15, -0.1) is 0 Å². The number of anilines is 3. The molecule has 0 bridgehead atoms. The Morgan fingerprint density at radius 3 is 1.81 bits per heavy atom. The first-order valence-electron chi connectivity index (χ1n) is 19.4. The molecule has 0 spiro atoms. The lowest BCUT2D eigenvalue weighted by molar-refractivity contribution is 0.669. The summed E-state index contributed by atoms with van der Waals surface area (Å²) in [6, 6.07) is 63.5. The first-order valence-corrected chi connectivity index (χ1v) is 19.4. The van der Waals surface area contributed by atoms with Gasteiger partial charge in [0, 0.05) is 49.6 Å². The molecule has 4 nitrogen and oxygen atoms in total. The van der Waals surface area contributed by atoms with Crippen LogP contribution in [0.15, 0.2) is 214 Å². The average molecular weight is 733 g/mol. The van der Waals surface area contributed by atoms with E-state index in [1.165, 1.54) is 11.1 Å². The molecule has 270 valence electrons. The molecule has 10 aromatic rings. The Morgan fingerprint density at radius 1 is 0.491 bits per heavy atom. The highest BCUT2D eigenvalue weighted by atomic mass is 16.3. The first kappa shape index (κ1) is 33.0. The Bertz CT molecular complexity index is 3230. The average Bonchev–Trinajstić information content (AvgIpc) is 3.77. The van der Waals surface area contributed by atoms with Crippen molar-refractivity contribution in [2.75, 3.05) is 4.90 Å². The van der Waals surface area contributed by atoms with Crippen LogP contribution in [-0.2, 0) is 0 Å². The SMILES string of the molecule is C=C1CC(c2ccccc2)=CC(c2cc3c4cc(N(c5ccccc5)c5ccc6oc7ccccc7c6c5)ccc4oc3c3ccccc23)=NC1c1ccccc1. The molecule has 4 heteroatoms. The molecule has 0 saturated carbocycles. The van der Waals surface area contributed by atoms with Crippen LogP contribution in [0.3, 0.4) is 0 Å². The third kappa shape index (κ3) is 5.65. The van der Waals surface area contributed by atoms with Gasteiger partial charge in [-0.1, -0.05) is 128 Å². The van der Waals surface area contributed by atoms with Gasteiger partial charge in [0.15, 0.2) is 0 Å². The van der Waals surface area contributed by atoms with Crippen LogP contribution in [-0.4, -0.2) is 5.71 Å². The standard InChI is InChI=1S/C53H36N2O2/c1-34-29-37(35-15-5-2-6-16-35)30-48(54-52(34)36-17-7-3-8-18-36)44-33-47-46-32-40(26-28-51(46)57-53(47)43-23-12-11-21-41(43)44)55(38-19-9-4-10-20-38)39-25-27-50-45(31-39)42-22-13-14-24-49(42)56-50/h2-28,30-33,52H,1,29H2. The predicted octanol–water partition coefficient (Wildman–Crippen LogP) is 14.7. The van der Waals surface area contributed by atoms with Gasteiger partial charge >= 0.3 is 0 Å². The van der Waals surface area contributed by atoms with E-state index >= 15 is 0 Å². The molecule has 57 heavy (non-hydrogen) atoms. The zero-order valence-corrected chi connectivity index (χ0v) is 31.1. The molecule has 0 N–H and O–H groups in total. The maximum absolute atomic E-state index is 6.77. The van der Waals surface area contributed by atoms with E-state index in [0.717, 1.165) is 101 Å². The van der Waals surface area contributed by atoms with E-state index in [1.807, 2.05) is 12.1 Å². The second-order valence-electron chi connectivity index (χ2n) is 14.8. The number of hydrogen-bond acceptors (Lipinski definition) is 4. The molecule has 11 rings (SSSR count). The molecule has 8 aromatic carbocycles. The summed E-state index contributed by atoms with van der Waals surface area (Å²) in [6.45, 7) is 4.61. The fraction of sp³-hybridized carbons (Fsp3) is 0.0377. The smallest absolute Gasteiger partial charge is 0.143 e. The van der Waals surface area contributed by atoms with Crippen LogP contribution in [0.2, 0.25) is 0 Å². The summed E-state index contributed by atoms with van der Waals surface area (Å²) >= 11 is 0. The predicted molar refractivity (Wildman–Crippen MR) is 237 cm³/mol. The summed E-state index contributed by atoms with van der Waals surface area (Å²) < 4.78 is 13.0. The number of allylic oxidation sites excluding steroid dienone is 2. The number of benzene rings is 8. The van der Waals surface area contributed by atoms with Crippen LogP contribution in [0, 0.1) is 0 Å². The maximum atomic E-state index is 6.77. The van der Waals surface area contributed by atoms with Crippen LogP contribution >= 0.6 is 0 Å². The quantitative estimate of drug-likeness (QED) is 0.160. The molecular formula is C53H36N2O2. The number of furan rings is 2. The highest BCUT2D eigenvalue weighted by molar-refractivity contribution is 6.26. The van der Waals surface area contributed by atoms with E-state index < -0.39 is 0 Å². The van der Waals surface area contributed by atoms with Crippen LogP contribution in [0.1, 0.15) is 29.2 Å². The summed E-state index contributed by atoms with van der Waals surface area (Å²) in [4.78, 5) is 7.86. The second kappa shape index (κ2) is 13.4. The number of fused-ring (bicyclic) bond motifs is 8. The van der Waals surface area contributed by atoms with Crippen molar-refractivity contribution in [3.63, 3.8) is 0 Å². The Morgan fingerprint density at radius 2 is 1.07 bits per heavy atom. The normalized spacial score (nSPS) is 14.7. The molecule has 0 radical (unpaired) electrons. The fourth-order valence-electron chi connectivity index (χ4n) is 8.57. The summed E-state index contributed by atoms with van der Waals surface area (Å²) in [7, 11) is 0. The van der Waals surface area contributed by atoms with Gasteiger partial charge in [0.05, 0.1) is 11.8 Å². The lowest BCUT2D eigenvalue weighted by Crippen LogP contribution is -2.09. The van der Waals surface area contributed by atoms with Gasteiger partial charge in [0.25, 0.3) is 0 Å². The van der Waals surface area contributed by atoms with Gasteiger partial charge in [-0.2, -0.15) is 0 Å². The maximum Gasteiger partial charge on any atom is 0.143 e. The van der Waals surface area contributed by atoms with Crippen molar-refractivity contribution in [2.24, 2.45) is 4.99 Å². The third-order valence-electron chi connectivity index (χ3n) is 11.3. The van der Waals surface area contributed by atoms with E-state index in [1.54, 1.807) is 0 Å². The highest BCUT2D eigenvalue weighted by Crippen LogP contribution is 2.44. The van der Waals surface area contributed by atoms with Crippen LogP contribution in [0.4, 0.5) is 17.1 Å². The third-order valence-corrected chi connectivity index (χ3v) is 11.3. The number of rotatable bonds is 6. The minimum absolute atomic E-state index is 0.190. The van der Waals surface area contributed by atoms with Gasteiger partial charge < -0.3 is 13.7 Å². The van der Waals surface area contributed by atoms with Crippen molar-refractivity contribution in [3.05, 3.63) is 217 Å². The molecule has 1 aliphatic rings. The lowest BCUT2D eigenvalue weighted by Gasteiger charge is -2.25. The minimum Gasteiger partial charge on any atom is -0.456 e. The monoisotopic (exact) mass is 732 g/mol. The summed E-state index contributed by atoms with van der Waals surface area (Å²) in [5.41, 5.74) is 13.1. The summed E-state index contributed by atoms with van der Waals surface area (Å²) in [6.07, 6.45) is 3.00. The molecule has 1 unspecified atom stereocenters. The van der Waals surface area contributed by atoms with E-state index in [4.69, 9.17) is 13.8 Å². The van der Waals surface area contributed by atoms with Crippen molar-refractivity contribution in [1.29, 1.82) is 0 Å². The molecule has 0 amide bonds. The topological polar surface area (TPSA) is 41.9 Å². The molecule has 1 atom stereocenters. The van der Waals surface area contributed by atoms with E-state index in [-0.39, 0.29) is 6.04 Å². The molecule has 2 aromatic heterocycles. The zero-order valence-electron chi connectivity index (χ0n) is 31.1. The van der Waals surface area contributed by atoms with E-state index in [0.29, 0.717) is 0 Å². The van der Waals surface area contributed by atoms with Crippen molar-refractivity contribution in [2.45, 2.75) is 12.5 Å². The van der Waals surface area contributed by atoms with Gasteiger partial charge in [-0.25, -0.2) is 0 Å². The Hall–Kier alpha value is -7.43. The lowest BCUT2D eigenvalue weighted by atomic mass is 9.92. The molecule has 0 saturated heterocycles. The zero-order chi connectivity index (χ0) is 37.9. The molecule has 1 aliphatic heterocycles. The molecule has 0 fully saturated rings. The minimum atomic E-state index is -0.190. The van der Waals surface area contributed by atoms with Crippen molar-refractivity contribution in [1.82, 2.24) is 0 Å². The first-order chi connectivity index (χ1) is 28.2. The summed E-state index contributed by atoms with van der Waals surface area (Å²) in [5.74, 6) is 0. The Labute approximate surface area is 329 Å². The number of para-hydroxylation sites is 2. The van der Waals surface area contributed by atoms with Crippen LogP contribution in [0.5, 0.6) is 0 Å².